The summed E-state index contributed by atoms with van der Waals surface area (Å²) in [5, 5.41) is 211. The van der Waals surface area contributed by atoms with Crippen molar-refractivity contribution in [3.8, 4) is 0 Å². The number of ether oxygens (including phenoxy) is 11. The van der Waals surface area contributed by atoms with E-state index in [1.54, 1.807) is 0 Å². The Morgan fingerprint density at radius 1 is 0.224 bits per heavy atom. The van der Waals surface area contributed by atoms with Gasteiger partial charge in [-0.1, -0.05) is 0 Å². The third-order valence-electron chi connectivity index (χ3n) is 12.4. The van der Waals surface area contributed by atoms with Gasteiger partial charge in [0, 0.05) is 0 Å². The van der Waals surface area contributed by atoms with Crippen LogP contribution in [0.1, 0.15) is 0 Å². The van der Waals surface area contributed by atoms with Crippen LogP contribution in [0.5, 0.6) is 0 Å². The summed E-state index contributed by atoms with van der Waals surface area (Å²) in [6.45, 7) is -5.86. The van der Waals surface area contributed by atoms with E-state index < -0.39 is 224 Å². The average molecular weight is 991 g/mol. The molecule has 0 aromatic heterocycles. The van der Waals surface area contributed by atoms with Crippen molar-refractivity contribution < 1.29 is 154 Å². The van der Waals surface area contributed by atoms with Crippen LogP contribution in [0.4, 0.5) is 0 Å². The summed E-state index contributed by atoms with van der Waals surface area (Å²) in [7, 11) is 0. The smallest absolute Gasteiger partial charge is 0.187 e. The molecule has 6 aliphatic rings. The van der Waals surface area contributed by atoms with Crippen LogP contribution in [0.2, 0.25) is 0 Å². The van der Waals surface area contributed by atoms with E-state index in [9.17, 15) is 102 Å². The van der Waals surface area contributed by atoms with E-state index in [0.717, 1.165) is 0 Å². The Balaban J connectivity index is 1.31. The highest BCUT2D eigenvalue weighted by Crippen LogP contribution is 2.37. The predicted molar refractivity (Wildman–Crippen MR) is 199 cm³/mol. The lowest BCUT2D eigenvalue weighted by Crippen LogP contribution is -2.69. The minimum Gasteiger partial charge on any atom is -0.394 e. The normalized spacial score (nSPS) is 53.4. The summed E-state index contributed by atoms with van der Waals surface area (Å²) in [6, 6.07) is 0. The third kappa shape index (κ3) is 11.2. The molecule has 31 nitrogen and oxygen atoms in total. The van der Waals surface area contributed by atoms with Crippen LogP contribution in [-0.2, 0) is 52.1 Å². The van der Waals surface area contributed by atoms with Crippen molar-refractivity contribution in [1.29, 1.82) is 0 Å². The van der Waals surface area contributed by atoms with Crippen LogP contribution >= 0.6 is 0 Å². The number of aliphatic hydroxyl groups excluding tert-OH is 20. The molecule has 0 amide bonds. The molecule has 0 saturated carbocycles. The summed E-state index contributed by atoms with van der Waals surface area (Å²) < 4.78 is 62.2. The fourth-order valence-corrected chi connectivity index (χ4v) is 8.42. The second-order valence-electron chi connectivity index (χ2n) is 16.8. The predicted octanol–water partition coefficient (Wildman–Crippen LogP) is -14.1. The second-order valence-corrected chi connectivity index (χ2v) is 16.8. The molecule has 1 unspecified atom stereocenters. The molecule has 6 rings (SSSR count). The highest BCUT2D eigenvalue weighted by molar-refractivity contribution is 5.00. The van der Waals surface area contributed by atoms with E-state index in [-0.39, 0.29) is 0 Å². The van der Waals surface area contributed by atoms with Gasteiger partial charge in [0.05, 0.1) is 39.6 Å². The standard InChI is InChI=1S/C36H62O31/c37-1-7-14(44)20(50)26(31(56)57-7)63-33-28(22(52)16(46)9(3-39)59-33)65-35-30(24(54)18(48)11(5-41)61-35)67-36-29(23(53)17(47)12(6-42)62-36)66-34-27(21(51)15(45)10(4-40)60-34)64-32-25(55)19(49)13(43)8(2-38)58-32/h7-56H,1-6H2/t7-,8-,9-,10-,11-,12-,13-,14-,15-,16-,17-,18-,19+,20+,21+,22+,23+,24+,25+,26+,27+,28+,29+,30+,31?,32+,33+,34+,35+,36+/m1/s1. The summed E-state index contributed by atoms with van der Waals surface area (Å²) in [6.07, 6.45) is -60.2. The zero-order valence-corrected chi connectivity index (χ0v) is 35.0. The summed E-state index contributed by atoms with van der Waals surface area (Å²) >= 11 is 0. The van der Waals surface area contributed by atoms with Gasteiger partial charge in [-0.25, -0.2) is 0 Å². The Morgan fingerprint density at radius 3 is 0.716 bits per heavy atom. The van der Waals surface area contributed by atoms with Crippen molar-refractivity contribution in [2.24, 2.45) is 0 Å². The molecular formula is C36H62O31. The van der Waals surface area contributed by atoms with E-state index in [1.165, 1.54) is 0 Å². The van der Waals surface area contributed by atoms with E-state index in [4.69, 9.17) is 52.1 Å². The molecule has 6 fully saturated rings. The fourth-order valence-electron chi connectivity index (χ4n) is 8.42. The first-order valence-corrected chi connectivity index (χ1v) is 21.1. The monoisotopic (exact) mass is 990 g/mol. The van der Waals surface area contributed by atoms with Gasteiger partial charge in [0.25, 0.3) is 0 Å². The molecule has 67 heavy (non-hydrogen) atoms. The maximum Gasteiger partial charge on any atom is 0.187 e. The first-order chi connectivity index (χ1) is 31.8. The largest absolute Gasteiger partial charge is 0.394 e. The topological polar surface area (TPSA) is 506 Å². The van der Waals surface area contributed by atoms with E-state index in [0.29, 0.717) is 0 Å². The average Bonchev–Trinajstić information content (AvgIpc) is 3.32. The molecule has 0 bridgehead atoms. The third-order valence-corrected chi connectivity index (χ3v) is 12.4. The van der Waals surface area contributed by atoms with Crippen molar-refractivity contribution >= 4 is 0 Å². The molecule has 30 atom stereocenters. The lowest BCUT2D eigenvalue weighted by Gasteiger charge is -2.50. The molecule has 0 radical (unpaired) electrons. The van der Waals surface area contributed by atoms with E-state index in [1.807, 2.05) is 0 Å². The Hall–Kier alpha value is -1.24. The van der Waals surface area contributed by atoms with E-state index in [2.05, 4.69) is 0 Å². The van der Waals surface area contributed by atoms with E-state index >= 15 is 0 Å². The molecule has 20 N–H and O–H groups in total. The Morgan fingerprint density at radius 2 is 0.433 bits per heavy atom. The van der Waals surface area contributed by atoms with Crippen molar-refractivity contribution in [3.05, 3.63) is 0 Å². The Labute approximate surface area is 378 Å². The second kappa shape index (κ2) is 23.5. The maximum atomic E-state index is 11.5. The first-order valence-electron chi connectivity index (χ1n) is 21.1. The van der Waals surface area contributed by atoms with Crippen molar-refractivity contribution in [3.63, 3.8) is 0 Å². The molecule has 0 aromatic rings. The molecule has 0 spiro atoms. The lowest BCUT2D eigenvalue weighted by molar-refractivity contribution is -0.417. The molecule has 6 saturated heterocycles. The van der Waals surface area contributed by atoms with Crippen LogP contribution in [0.3, 0.4) is 0 Å². The minimum atomic E-state index is -2.25. The summed E-state index contributed by atoms with van der Waals surface area (Å²) in [4.78, 5) is 0. The molecule has 392 valence electrons. The molecule has 0 aliphatic carbocycles. The highest BCUT2D eigenvalue weighted by atomic mass is 16.8. The van der Waals surface area contributed by atoms with Crippen LogP contribution in [0.25, 0.3) is 0 Å². The van der Waals surface area contributed by atoms with Crippen molar-refractivity contribution in [2.45, 2.75) is 184 Å². The summed E-state index contributed by atoms with van der Waals surface area (Å²) in [5.74, 6) is 0. The van der Waals surface area contributed by atoms with Crippen LogP contribution in [-0.4, -0.2) is 326 Å². The van der Waals surface area contributed by atoms with Gasteiger partial charge < -0.3 is 154 Å². The quantitative estimate of drug-likeness (QED) is 0.0683. The van der Waals surface area contributed by atoms with Crippen molar-refractivity contribution in [2.75, 3.05) is 39.6 Å². The van der Waals surface area contributed by atoms with Gasteiger partial charge >= 0.3 is 0 Å². The van der Waals surface area contributed by atoms with Gasteiger partial charge in [-0.15, -0.1) is 0 Å². The maximum absolute atomic E-state index is 11.5. The number of rotatable bonds is 16. The zero-order chi connectivity index (χ0) is 49.3. The lowest BCUT2D eigenvalue weighted by atomic mass is 9.95. The minimum absolute atomic E-state index is 0.865. The molecule has 0 aromatic carbocycles. The molecular weight excluding hydrogens is 928 g/mol. The molecule has 31 heteroatoms. The van der Waals surface area contributed by atoms with Crippen LogP contribution < -0.4 is 0 Å². The number of aliphatic hydroxyl groups is 20. The Bertz CT molecular complexity index is 1510. The van der Waals surface area contributed by atoms with Gasteiger partial charge in [-0.3, -0.25) is 0 Å². The van der Waals surface area contributed by atoms with Crippen LogP contribution in [0.15, 0.2) is 0 Å². The van der Waals surface area contributed by atoms with Gasteiger partial charge in [0.2, 0.25) is 0 Å². The number of hydrogen-bond acceptors (Lipinski definition) is 31. The first kappa shape index (κ1) is 55.1. The summed E-state index contributed by atoms with van der Waals surface area (Å²) in [5.41, 5.74) is 0. The SMILES string of the molecule is OC[C@H]1O[C@@H](O[C@@H]2[C@H](O[C@@H]3[C@H](O[C@@H]4[C@H](O[C@@H]5[C@H](O[C@@H]6C(O)O[C@H](CO)[C@@H](O)[C@@H]6O)O[C@H](CO)[C@@H](O)[C@@H]5O)O[C@H](CO)[C@@H](O)[C@@H]4O)O[C@H](CO)[C@@H](O)[C@@H]3O)O[C@H](CO)[C@@H](O)[C@@H]2O)[C@@H](O)[C@@H](O)[C@@H]1O. The highest BCUT2D eigenvalue weighted by Gasteiger charge is 2.58. The van der Waals surface area contributed by atoms with Gasteiger partial charge in [-0.05, 0) is 0 Å². The Kier molecular flexibility index (Phi) is 19.4. The zero-order valence-electron chi connectivity index (χ0n) is 35.0. The molecule has 6 aliphatic heterocycles. The van der Waals surface area contributed by atoms with Gasteiger partial charge in [-0.2, -0.15) is 0 Å². The van der Waals surface area contributed by atoms with Crippen LogP contribution in [0, 0.1) is 0 Å². The fraction of sp³-hybridized carbons (Fsp3) is 1.00. The molecule has 6 heterocycles. The van der Waals surface area contributed by atoms with Gasteiger partial charge in [0.15, 0.2) is 37.7 Å². The van der Waals surface area contributed by atoms with Crippen molar-refractivity contribution in [1.82, 2.24) is 0 Å². The number of hydrogen-bond donors (Lipinski definition) is 20. The van der Waals surface area contributed by atoms with Gasteiger partial charge in [0.1, 0.15) is 146 Å².